The van der Waals surface area contributed by atoms with Gasteiger partial charge in [0.15, 0.2) is 10.1 Å². The average molecular weight is 527 g/mol. The van der Waals surface area contributed by atoms with Gasteiger partial charge in [0.1, 0.15) is 17.3 Å². The summed E-state index contributed by atoms with van der Waals surface area (Å²) in [6.45, 7) is 0. The molecule has 3 heterocycles. The van der Waals surface area contributed by atoms with E-state index in [-0.39, 0.29) is 23.1 Å². The highest BCUT2D eigenvalue weighted by Gasteiger charge is 2.61. The number of benzene rings is 2. The van der Waals surface area contributed by atoms with Gasteiger partial charge in [-0.25, -0.2) is 0 Å². The molecule has 1 aromatic heterocycles. The van der Waals surface area contributed by atoms with Crippen LogP contribution in [-0.4, -0.2) is 28.9 Å². The number of fused-ring (bicyclic) bond motifs is 3. The fourth-order valence-corrected chi connectivity index (χ4v) is 7.36. The number of nitrogens with two attached hydrogens (primary N) is 1. The SMILES string of the molecule is CN1C(=O)C2(C(C#N)=C(N)N(c3nnc(SCc4ccccc4)s3)C3=C2C(=O)CCC3)c2ccccc21. The third-order valence-corrected chi connectivity index (χ3v) is 9.21. The lowest BCUT2D eigenvalue weighted by atomic mass is 9.64. The van der Waals surface area contributed by atoms with Crippen LogP contribution in [0.25, 0.3) is 0 Å². The lowest BCUT2D eigenvalue weighted by molar-refractivity contribution is -0.124. The number of carbonyl (C=O) groups is 2. The van der Waals surface area contributed by atoms with Gasteiger partial charge in [-0.05, 0) is 24.5 Å². The van der Waals surface area contributed by atoms with Crippen molar-refractivity contribution in [3.05, 3.63) is 88.4 Å². The minimum Gasteiger partial charge on any atom is -0.384 e. The number of anilines is 2. The van der Waals surface area contributed by atoms with Crippen LogP contribution in [0.5, 0.6) is 0 Å². The Bertz CT molecular complexity index is 1550. The number of ketones is 1. The summed E-state index contributed by atoms with van der Waals surface area (Å²) in [5.41, 5.74) is 8.62. The number of carbonyl (C=O) groups excluding carboxylic acids is 2. The van der Waals surface area contributed by atoms with Crippen molar-refractivity contribution in [3.8, 4) is 6.07 Å². The molecule has 0 saturated carbocycles. The van der Waals surface area contributed by atoms with Crippen molar-refractivity contribution in [1.29, 1.82) is 5.26 Å². The van der Waals surface area contributed by atoms with E-state index < -0.39 is 5.41 Å². The Labute approximate surface area is 222 Å². The minimum atomic E-state index is -1.55. The van der Waals surface area contributed by atoms with Crippen LogP contribution in [-0.2, 0) is 20.8 Å². The zero-order valence-electron chi connectivity index (χ0n) is 20.0. The molecule has 184 valence electrons. The molecule has 1 amide bonds. The van der Waals surface area contributed by atoms with E-state index >= 15 is 0 Å². The summed E-state index contributed by atoms with van der Waals surface area (Å²) in [7, 11) is 1.67. The van der Waals surface area contributed by atoms with Gasteiger partial charge in [0, 0.05) is 41.7 Å². The van der Waals surface area contributed by atoms with Gasteiger partial charge < -0.3 is 10.6 Å². The number of hydrogen-bond donors (Lipinski definition) is 1. The Kier molecular flexibility index (Phi) is 5.62. The Morgan fingerprint density at radius 2 is 1.86 bits per heavy atom. The molecular weight excluding hydrogens is 504 g/mol. The summed E-state index contributed by atoms with van der Waals surface area (Å²) in [4.78, 5) is 30.8. The molecule has 37 heavy (non-hydrogen) atoms. The van der Waals surface area contributed by atoms with Gasteiger partial charge in [-0.15, -0.1) is 10.2 Å². The third-order valence-electron chi connectivity index (χ3n) is 7.10. The molecule has 0 fully saturated rings. The molecule has 1 unspecified atom stereocenters. The predicted octanol–water partition coefficient (Wildman–Crippen LogP) is 4.27. The highest BCUT2D eigenvalue weighted by molar-refractivity contribution is 8.00. The normalized spacial score (nSPS) is 21.0. The fourth-order valence-electron chi connectivity index (χ4n) is 5.52. The molecule has 1 atom stereocenters. The first-order chi connectivity index (χ1) is 18.0. The van der Waals surface area contributed by atoms with Crippen LogP contribution in [0.1, 0.15) is 30.4 Å². The van der Waals surface area contributed by atoms with Gasteiger partial charge in [-0.3, -0.25) is 14.5 Å². The van der Waals surface area contributed by atoms with Gasteiger partial charge in [0.2, 0.25) is 11.0 Å². The van der Waals surface area contributed by atoms with Crippen LogP contribution >= 0.6 is 23.1 Å². The largest absolute Gasteiger partial charge is 0.384 e. The molecule has 3 aromatic rings. The molecule has 2 aromatic carbocycles. The van der Waals surface area contributed by atoms with E-state index in [1.165, 1.54) is 21.8 Å². The van der Waals surface area contributed by atoms with E-state index in [4.69, 9.17) is 5.73 Å². The number of para-hydroxylation sites is 1. The molecular formula is C27H22N6O2S2. The molecule has 0 bridgehead atoms. The molecule has 0 radical (unpaired) electrons. The molecule has 2 N–H and O–H groups in total. The summed E-state index contributed by atoms with van der Waals surface area (Å²) >= 11 is 2.91. The van der Waals surface area contributed by atoms with Crippen molar-refractivity contribution in [2.45, 2.75) is 34.8 Å². The maximum absolute atomic E-state index is 14.0. The smallest absolute Gasteiger partial charge is 0.247 e. The summed E-state index contributed by atoms with van der Waals surface area (Å²) in [6, 6.07) is 19.6. The number of allylic oxidation sites excluding steroid dienone is 1. The van der Waals surface area contributed by atoms with E-state index in [0.717, 1.165) is 10.1 Å². The molecule has 1 spiro atoms. The maximum atomic E-state index is 14.0. The fraction of sp³-hybridized carbons (Fsp3) is 0.222. The van der Waals surface area contributed by atoms with Gasteiger partial charge in [-0.1, -0.05) is 71.6 Å². The van der Waals surface area contributed by atoms with Gasteiger partial charge >= 0.3 is 0 Å². The van der Waals surface area contributed by atoms with Crippen molar-refractivity contribution in [2.24, 2.45) is 5.73 Å². The Morgan fingerprint density at radius 3 is 2.65 bits per heavy atom. The summed E-state index contributed by atoms with van der Waals surface area (Å²) in [6.07, 6.45) is 1.47. The second-order valence-electron chi connectivity index (χ2n) is 9.06. The molecule has 0 saturated heterocycles. The highest BCUT2D eigenvalue weighted by Crippen LogP contribution is 2.56. The van der Waals surface area contributed by atoms with Gasteiger partial charge in [0.25, 0.3) is 0 Å². The second kappa shape index (κ2) is 8.87. The topological polar surface area (TPSA) is 116 Å². The number of likely N-dealkylation sites (N-methyl/N-ethyl adjacent to an activating group) is 1. The molecule has 6 rings (SSSR count). The average Bonchev–Trinajstić information content (AvgIpc) is 3.47. The molecule has 8 nitrogen and oxygen atoms in total. The van der Waals surface area contributed by atoms with E-state index in [1.807, 2.05) is 42.5 Å². The van der Waals surface area contributed by atoms with Crippen LogP contribution in [0.2, 0.25) is 0 Å². The molecule has 10 heteroatoms. The van der Waals surface area contributed by atoms with Gasteiger partial charge in [-0.2, -0.15) is 5.26 Å². The number of Topliss-reactive ketones (excluding diaryl/α,β-unsaturated/α-hetero) is 1. The van der Waals surface area contributed by atoms with Crippen molar-refractivity contribution in [1.82, 2.24) is 10.2 Å². The number of thioether (sulfide) groups is 1. The van der Waals surface area contributed by atoms with Crippen LogP contribution in [0.4, 0.5) is 10.8 Å². The van der Waals surface area contributed by atoms with Crippen LogP contribution in [0.15, 0.2) is 81.6 Å². The van der Waals surface area contributed by atoms with E-state index in [2.05, 4.69) is 28.4 Å². The number of amides is 1. The molecule has 2 aliphatic heterocycles. The first-order valence-electron chi connectivity index (χ1n) is 11.8. The zero-order valence-corrected chi connectivity index (χ0v) is 21.6. The van der Waals surface area contributed by atoms with E-state index in [0.29, 0.717) is 46.9 Å². The Morgan fingerprint density at radius 1 is 1.11 bits per heavy atom. The quantitative estimate of drug-likeness (QED) is 0.501. The van der Waals surface area contributed by atoms with E-state index in [9.17, 15) is 14.9 Å². The standard InChI is InChI=1S/C27H22N6O2S2/c1-32-19-11-6-5-10-17(19)27(24(32)35)18(14-28)23(29)33(20-12-7-13-21(34)22(20)27)25-30-31-26(37-25)36-15-16-8-3-2-4-9-16/h2-6,8-11H,7,12-13,15,29H2,1H3. The Hall–Kier alpha value is -3.94. The van der Waals surface area contributed by atoms with Crippen molar-refractivity contribution < 1.29 is 9.59 Å². The number of hydrogen-bond acceptors (Lipinski definition) is 9. The first kappa shape index (κ1) is 23.5. The number of nitrogens with zero attached hydrogens (tertiary/aromatic N) is 5. The Balaban J connectivity index is 1.49. The maximum Gasteiger partial charge on any atom is 0.247 e. The molecule has 1 aliphatic carbocycles. The van der Waals surface area contributed by atoms with Crippen LogP contribution in [0, 0.1) is 11.3 Å². The van der Waals surface area contributed by atoms with Crippen LogP contribution < -0.4 is 15.5 Å². The van der Waals surface area contributed by atoms with E-state index in [1.54, 1.807) is 23.7 Å². The van der Waals surface area contributed by atoms with Crippen molar-refractivity contribution in [2.75, 3.05) is 16.8 Å². The van der Waals surface area contributed by atoms with Crippen molar-refractivity contribution in [3.63, 3.8) is 0 Å². The summed E-state index contributed by atoms with van der Waals surface area (Å²) in [5.74, 6) is 0.363. The lowest BCUT2D eigenvalue weighted by Gasteiger charge is -2.42. The summed E-state index contributed by atoms with van der Waals surface area (Å²) < 4.78 is 0.747. The van der Waals surface area contributed by atoms with Crippen LogP contribution in [0.3, 0.4) is 0 Å². The van der Waals surface area contributed by atoms with Gasteiger partial charge in [0.05, 0.1) is 5.57 Å². The molecule has 3 aliphatic rings. The zero-order chi connectivity index (χ0) is 25.7. The number of aromatic nitrogens is 2. The number of rotatable bonds is 4. The lowest BCUT2D eigenvalue weighted by Crippen LogP contribution is -2.52. The highest BCUT2D eigenvalue weighted by atomic mass is 32.2. The van der Waals surface area contributed by atoms with Crippen molar-refractivity contribution >= 4 is 45.6 Å². The third kappa shape index (κ3) is 3.35. The first-order valence-corrected chi connectivity index (χ1v) is 13.6. The number of nitriles is 1. The predicted molar refractivity (Wildman–Crippen MR) is 143 cm³/mol. The minimum absolute atomic E-state index is 0.0528. The second-order valence-corrected chi connectivity index (χ2v) is 11.2. The summed E-state index contributed by atoms with van der Waals surface area (Å²) in [5, 5.41) is 19.6. The monoisotopic (exact) mass is 526 g/mol.